The highest BCUT2D eigenvalue weighted by atomic mass is 32.1. The number of hydrogen-bond acceptors (Lipinski definition) is 3. The van der Waals surface area contributed by atoms with Gasteiger partial charge in [0, 0.05) is 12.8 Å². The van der Waals surface area contributed by atoms with Crippen LogP contribution in [-0.4, -0.2) is 27.2 Å². The zero-order chi connectivity index (χ0) is 12.5. The lowest BCUT2D eigenvalue weighted by Gasteiger charge is -2.22. The normalized spacial score (nSPS) is 20.4. The second-order valence-corrected chi connectivity index (χ2v) is 5.30. The summed E-state index contributed by atoms with van der Waals surface area (Å²) in [7, 11) is 0. The van der Waals surface area contributed by atoms with Crippen LogP contribution in [0.3, 0.4) is 0 Å². The van der Waals surface area contributed by atoms with E-state index in [9.17, 15) is 0 Å². The third-order valence-corrected chi connectivity index (χ3v) is 3.73. The largest absolute Gasteiger partial charge is 0.376 e. The van der Waals surface area contributed by atoms with Gasteiger partial charge in [0.05, 0.1) is 18.2 Å². The minimum atomic E-state index is 0.271. The summed E-state index contributed by atoms with van der Waals surface area (Å²) < 4.78 is 8.56. The number of imidazole rings is 1. The maximum absolute atomic E-state index is 5.77. The Morgan fingerprint density at radius 2 is 2.44 bits per heavy atom. The number of ether oxygens (including phenoxy) is 1. The average Bonchev–Trinajstić information content (AvgIpc) is 2.66. The Morgan fingerprint density at radius 3 is 3.22 bits per heavy atom. The molecule has 1 N–H and O–H groups in total. The molecule has 0 saturated carbocycles. The quantitative estimate of drug-likeness (QED) is 0.847. The van der Waals surface area contributed by atoms with Crippen LogP contribution in [0.25, 0.3) is 11.2 Å². The number of aromatic amines is 1. The van der Waals surface area contributed by atoms with Gasteiger partial charge in [0.1, 0.15) is 0 Å². The maximum atomic E-state index is 5.77. The van der Waals surface area contributed by atoms with Gasteiger partial charge in [-0.05, 0) is 50.0 Å². The van der Waals surface area contributed by atoms with Crippen LogP contribution < -0.4 is 0 Å². The summed E-state index contributed by atoms with van der Waals surface area (Å²) in [5.74, 6) is 0. The summed E-state index contributed by atoms with van der Waals surface area (Å²) in [6.07, 6.45) is 5.68. The molecule has 2 aromatic heterocycles. The van der Waals surface area contributed by atoms with E-state index >= 15 is 0 Å². The molecule has 1 fully saturated rings. The van der Waals surface area contributed by atoms with E-state index in [-0.39, 0.29) is 6.10 Å². The molecule has 18 heavy (non-hydrogen) atoms. The predicted octanol–water partition coefficient (Wildman–Crippen LogP) is 2.97. The van der Waals surface area contributed by atoms with Crippen molar-refractivity contribution in [2.24, 2.45) is 0 Å². The van der Waals surface area contributed by atoms with Crippen LogP contribution in [0.2, 0.25) is 0 Å². The first-order chi connectivity index (χ1) is 8.74. The third kappa shape index (κ3) is 2.20. The molecule has 0 aromatic carbocycles. The van der Waals surface area contributed by atoms with Gasteiger partial charge in [0.25, 0.3) is 0 Å². The summed E-state index contributed by atoms with van der Waals surface area (Å²) in [6, 6.07) is 2.08. The van der Waals surface area contributed by atoms with Crippen molar-refractivity contribution in [2.75, 3.05) is 6.61 Å². The Balaban J connectivity index is 1.95. The molecule has 1 atom stereocenters. The van der Waals surface area contributed by atoms with E-state index in [1.54, 1.807) is 0 Å². The van der Waals surface area contributed by atoms with Crippen molar-refractivity contribution in [2.45, 2.75) is 38.8 Å². The molecular weight excluding hydrogens is 246 g/mol. The van der Waals surface area contributed by atoms with Crippen molar-refractivity contribution >= 4 is 23.4 Å². The molecule has 3 rings (SSSR count). The minimum Gasteiger partial charge on any atom is -0.376 e. The predicted molar refractivity (Wildman–Crippen MR) is 73.2 cm³/mol. The van der Waals surface area contributed by atoms with Gasteiger partial charge in [-0.15, -0.1) is 0 Å². The van der Waals surface area contributed by atoms with Crippen molar-refractivity contribution in [1.82, 2.24) is 14.5 Å². The summed E-state index contributed by atoms with van der Waals surface area (Å²) >= 11 is 5.38. The van der Waals surface area contributed by atoms with Gasteiger partial charge in [-0.1, -0.05) is 0 Å². The molecule has 1 aliphatic heterocycles. The number of fused-ring (bicyclic) bond motifs is 1. The van der Waals surface area contributed by atoms with Crippen molar-refractivity contribution in [3.8, 4) is 0 Å². The van der Waals surface area contributed by atoms with Crippen LogP contribution >= 0.6 is 12.2 Å². The second kappa shape index (κ2) is 4.82. The standard InChI is InChI=1S/C13H17N3OS/c1-9-6-11-12(14-7-9)16(13(18)15-11)8-10-4-2-3-5-17-10/h6-7,10H,2-5,8H2,1H3,(H,15,18). The summed E-state index contributed by atoms with van der Waals surface area (Å²) in [6.45, 7) is 3.70. The lowest BCUT2D eigenvalue weighted by Crippen LogP contribution is -2.24. The van der Waals surface area contributed by atoms with Gasteiger partial charge in [0.15, 0.2) is 10.4 Å². The minimum absolute atomic E-state index is 0.271. The van der Waals surface area contributed by atoms with Gasteiger partial charge >= 0.3 is 0 Å². The Labute approximate surface area is 111 Å². The van der Waals surface area contributed by atoms with Crippen LogP contribution in [0.5, 0.6) is 0 Å². The van der Waals surface area contributed by atoms with Crippen LogP contribution in [0.4, 0.5) is 0 Å². The van der Waals surface area contributed by atoms with Crippen molar-refractivity contribution in [3.63, 3.8) is 0 Å². The first-order valence-electron chi connectivity index (χ1n) is 6.41. The number of rotatable bonds is 2. The van der Waals surface area contributed by atoms with Gasteiger partial charge in [0.2, 0.25) is 0 Å². The first-order valence-corrected chi connectivity index (χ1v) is 6.81. The van der Waals surface area contributed by atoms with Crippen LogP contribution in [0.1, 0.15) is 24.8 Å². The lowest BCUT2D eigenvalue weighted by atomic mass is 10.1. The van der Waals surface area contributed by atoms with Gasteiger partial charge in [-0.2, -0.15) is 0 Å². The number of aromatic nitrogens is 3. The number of aryl methyl sites for hydroxylation is 1. The molecule has 0 radical (unpaired) electrons. The van der Waals surface area contributed by atoms with Crippen LogP contribution in [0.15, 0.2) is 12.3 Å². The molecule has 1 saturated heterocycles. The van der Waals surface area contributed by atoms with Crippen molar-refractivity contribution in [3.05, 3.63) is 22.6 Å². The Kier molecular flexibility index (Phi) is 3.18. The zero-order valence-electron chi connectivity index (χ0n) is 10.5. The number of hydrogen-bond donors (Lipinski definition) is 1. The Morgan fingerprint density at radius 1 is 1.56 bits per heavy atom. The van der Waals surface area contributed by atoms with Gasteiger partial charge < -0.3 is 9.72 Å². The lowest BCUT2D eigenvalue weighted by molar-refractivity contribution is 0.00633. The highest BCUT2D eigenvalue weighted by molar-refractivity contribution is 7.71. The molecule has 3 heterocycles. The van der Waals surface area contributed by atoms with E-state index < -0.39 is 0 Å². The fourth-order valence-corrected chi connectivity index (χ4v) is 2.74. The number of nitrogens with zero attached hydrogens (tertiary/aromatic N) is 2. The van der Waals surface area contributed by atoms with E-state index in [1.807, 2.05) is 13.1 Å². The Hall–Kier alpha value is -1.20. The molecule has 0 aliphatic carbocycles. The topological polar surface area (TPSA) is 42.8 Å². The highest BCUT2D eigenvalue weighted by Crippen LogP contribution is 2.18. The molecule has 0 spiro atoms. The SMILES string of the molecule is Cc1cnc2c(c1)[nH]c(=S)n2CC1CCCCO1. The molecular formula is C13H17N3OS. The van der Waals surface area contributed by atoms with E-state index in [0.717, 1.165) is 41.1 Å². The van der Waals surface area contributed by atoms with E-state index in [0.29, 0.717) is 0 Å². The zero-order valence-corrected chi connectivity index (χ0v) is 11.3. The molecule has 96 valence electrons. The molecule has 0 bridgehead atoms. The summed E-state index contributed by atoms with van der Waals surface area (Å²) in [4.78, 5) is 7.69. The third-order valence-electron chi connectivity index (χ3n) is 3.41. The number of pyridine rings is 1. The van der Waals surface area contributed by atoms with Crippen LogP contribution in [-0.2, 0) is 11.3 Å². The molecule has 0 amide bonds. The van der Waals surface area contributed by atoms with Crippen LogP contribution in [0, 0.1) is 11.7 Å². The van der Waals surface area contributed by atoms with E-state index in [4.69, 9.17) is 17.0 Å². The first kappa shape index (κ1) is 11.9. The Bertz CT molecular complexity index is 610. The smallest absolute Gasteiger partial charge is 0.179 e. The maximum Gasteiger partial charge on any atom is 0.179 e. The molecule has 4 nitrogen and oxygen atoms in total. The van der Waals surface area contributed by atoms with Crippen molar-refractivity contribution in [1.29, 1.82) is 0 Å². The monoisotopic (exact) mass is 263 g/mol. The summed E-state index contributed by atoms with van der Waals surface area (Å²) in [5.41, 5.74) is 3.08. The molecule has 1 unspecified atom stereocenters. The highest BCUT2D eigenvalue weighted by Gasteiger charge is 2.16. The second-order valence-electron chi connectivity index (χ2n) is 4.91. The fraction of sp³-hybridized carbons (Fsp3) is 0.538. The average molecular weight is 263 g/mol. The van der Waals surface area contributed by atoms with Gasteiger partial charge in [-0.3, -0.25) is 4.57 Å². The summed E-state index contributed by atoms with van der Waals surface area (Å²) in [5, 5.41) is 0. The number of H-pyrrole nitrogens is 1. The number of nitrogens with one attached hydrogen (secondary N) is 1. The van der Waals surface area contributed by atoms with Crippen molar-refractivity contribution < 1.29 is 4.74 Å². The van der Waals surface area contributed by atoms with E-state index in [1.165, 1.54) is 12.8 Å². The van der Waals surface area contributed by atoms with Gasteiger partial charge in [-0.25, -0.2) is 4.98 Å². The molecule has 5 heteroatoms. The van der Waals surface area contributed by atoms with E-state index in [2.05, 4.69) is 20.6 Å². The molecule has 2 aromatic rings. The fourth-order valence-electron chi connectivity index (χ4n) is 2.47. The molecule has 1 aliphatic rings.